The van der Waals surface area contributed by atoms with E-state index in [0.717, 1.165) is 19.6 Å². The van der Waals surface area contributed by atoms with Crippen molar-refractivity contribution >= 4 is 17.4 Å². The van der Waals surface area contributed by atoms with Crippen LogP contribution in [0.1, 0.15) is 23.6 Å². The second-order valence-corrected chi connectivity index (χ2v) is 7.96. The van der Waals surface area contributed by atoms with Gasteiger partial charge in [-0.2, -0.15) is 0 Å². The lowest BCUT2D eigenvalue weighted by atomic mass is 9.95. The number of aromatic nitrogens is 1. The number of phenols is 1. The van der Waals surface area contributed by atoms with Crippen molar-refractivity contribution < 1.29 is 29.3 Å². The number of aromatic hydroxyl groups is 1. The van der Waals surface area contributed by atoms with Gasteiger partial charge in [0.2, 0.25) is 0 Å². The second kappa shape index (κ2) is 10.0. The Hall–Kier alpha value is -3.43. The molecule has 1 amide bonds. The number of benzene rings is 1. The van der Waals surface area contributed by atoms with Crippen molar-refractivity contribution in [1.29, 1.82) is 0 Å². The molecular weight excluding hydrogens is 426 g/mol. The zero-order valence-electron chi connectivity index (χ0n) is 18.4. The van der Waals surface area contributed by atoms with Gasteiger partial charge in [-0.05, 0) is 36.2 Å². The quantitative estimate of drug-likeness (QED) is 0.372. The number of likely N-dealkylation sites (tertiary alicyclic amines) is 1. The molecule has 0 radical (unpaired) electrons. The van der Waals surface area contributed by atoms with Gasteiger partial charge in [0.05, 0.1) is 37.5 Å². The first-order valence-corrected chi connectivity index (χ1v) is 10.9. The summed E-state index contributed by atoms with van der Waals surface area (Å²) in [6.45, 7) is 4.17. The Kier molecular flexibility index (Phi) is 6.90. The Morgan fingerprint density at radius 3 is 2.55 bits per heavy atom. The molecule has 0 aliphatic carbocycles. The van der Waals surface area contributed by atoms with Crippen LogP contribution >= 0.6 is 0 Å². The maximum atomic E-state index is 13.1. The van der Waals surface area contributed by atoms with Crippen LogP contribution in [0.25, 0.3) is 5.76 Å². The fourth-order valence-corrected chi connectivity index (χ4v) is 4.28. The summed E-state index contributed by atoms with van der Waals surface area (Å²) in [5.74, 6) is -1.73. The van der Waals surface area contributed by atoms with E-state index in [1.165, 1.54) is 24.1 Å². The number of methoxy groups -OCH3 is 1. The molecule has 0 spiro atoms. The Morgan fingerprint density at radius 2 is 1.88 bits per heavy atom. The van der Waals surface area contributed by atoms with Crippen LogP contribution in [0.3, 0.4) is 0 Å². The molecule has 174 valence electrons. The monoisotopic (exact) mass is 453 g/mol. The third-order valence-electron chi connectivity index (χ3n) is 6.00. The number of Topliss-reactive ketones (excluding diaryl/α,β-unsaturated/α-hetero) is 1. The van der Waals surface area contributed by atoms with E-state index in [4.69, 9.17) is 9.47 Å². The maximum absolute atomic E-state index is 13.1. The fraction of sp³-hybridized carbons (Fsp3) is 0.375. The molecule has 0 saturated carbocycles. The zero-order valence-corrected chi connectivity index (χ0v) is 18.4. The van der Waals surface area contributed by atoms with Gasteiger partial charge in [-0.3, -0.25) is 19.5 Å². The van der Waals surface area contributed by atoms with Gasteiger partial charge >= 0.3 is 0 Å². The summed E-state index contributed by atoms with van der Waals surface area (Å²) in [6, 6.07) is 7.01. The molecule has 2 aliphatic heterocycles. The number of aliphatic hydroxyl groups excluding tert-OH is 1. The SMILES string of the molecule is COc1ccc(C(O)=C2C(=O)C(=O)N(CCCN3CCOCC3)[C@H]2c2ccncc2)c(O)c1. The van der Waals surface area contributed by atoms with E-state index in [2.05, 4.69) is 9.88 Å². The van der Waals surface area contributed by atoms with Crippen LogP contribution in [-0.4, -0.2) is 83.2 Å². The largest absolute Gasteiger partial charge is 0.507 e. The average Bonchev–Trinajstić information content (AvgIpc) is 3.10. The number of carbonyl (C=O) groups is 2. The lowest BCUT2D eigenvalue weighted by Crippen LogP contribution is -2.38. The van der Waals surface area contributed by atoms with Crippen LogP contribution in [0.15, 0.2) is 48.3 Å². The number of hydrogen-bond donors (Lipinski definition) is 2. The molecule has 3 heterocycles. The molecule has 0 unspecified atom stereocenters. The van der Waals surface area contributed by atoms with Crippen LogP contribution < -0.4 is 4.74 Å². The highest BCUT2D eigenvalue weighted by Gasteiger charge is 2.46. The van der Waals surface area contributed by atoms with Gasteiger partial charge in [-0.15, -0.1) is 0 Å². The van der Waals surface area contributed by atoms with E-state index in [1.807, 2.05) is 0 Å². The van der Waals surface area contributed by atoms with Gasteiger partial charge in [0.25, 0.3) is 11.7 Å². The maximum Gasteiger partial charge on any atom is 0.295 e. The number of amides is 1. The Balaban J connectivity index is 1.67. The van der Waals surface area contributed by atoms with E-state index in [9.17, 15) is 19.8 Å². The average molecular weight is 453 g/mol. The van der Waals surface area contributed by atoms with Crippen LogP contribution in [-0.2, 0) is 14.3 Å². The predicted molar refractivity (Wildman–Crippen MR) is 120 cm³/mol. The van der Waals surface area contributed by atoms with E-state index < -0.39 is 23.5 Å². The number of phenolic OH excluding ortho intramolecular Hbond substituents is 1. The van der Waals surface area contributed by atoms with Crippen molar-refractivity contribution in [2.45, 2.75) is 12.5 Å². The molecule has 2 saturated heterocycles. The minimum absolute atomic E-state index is 0.0566. The summed E-state index contributed by atoms with van der Waals surface area (Å²) in [5, 5.41) is 21.5. The van der Waals surface area contributed by atoms with E-state index >= 15 is 0 Å². The lowest BCUT2D eigenvalue weighted by molar-refractivity contribution is -0.140. The number of pyridine rings is 1. The second-order valence-electron chi connectivity index (χ2n) is 7.96. The number of ether oxygens (including phenoxy) is 2. The van der Waals surface area contributed by atoms with Gasteiger partial charge < -0.3 is 24.6 Å². The van der Waals surface area contributed by atoms with Crippen molar-refractivity contribution in [2.75, 3.05) is 46.5 Å². The lowest BCUT2D eigenvalue weighted by Gasteiger charge is -2.29. The minimum Gasteiger partial charge on any atom is -0.507 e. The van der Waals surface area contributed by atoms with Crippen molar-refractivity contribution in [3.05, 3.63) is 59.4 Å². The molecule has 2 aliphatic rings. The van der Waals surface area contributed by atoms with E-state index in [0.29, 0.717) is 37.5 Å². The number of hydrogen-bond acceptors (Lipinski definition) is 8. The highest BCUT2D eigenvalue weighted by atomic mass is 16.5. The molecule has 4 rings (SSSR count). The third kappa shape index (κ3) is 4.69. The Labute approximate surface area is 191 Å². The van der Waals surface area contributed by atoms with Crippen LogP contribution in [0.2, 0.25) is 0 Å². The standard InChI is InChI=1S/C24H27N3O6/c1-32-17-3-4-18(19(28)15-17)22(29)20-21(16-5-7-25-8-6-16)27(24(31)23(20)30)10-2-9-26-11-13-33-14-12-26/h3-8,15,21,28-29H,2,9-14H2,1H3/t21-/m0/s1. The normalized spacial score (nSPS) is 20.9. The zero-order chi connectivity index (χ0) is 23.4. The third-order valence-corrected chi connectivity index (χ3v) is 6.00. The summed E-state index contributed by atoms with van der Waals surface area (Å²) in [7, 11) is 1.46. The molecule has 2 fully saturated rings. The summed E-state index contributed by atoms with van der Waals surface area (Å²) in [5.41, 5.74) is 0.657. The number of morpholine rings is 1. The number of carbonyl (C=O) groups excluding carboxylic acids is 2. The molecule has 1 atom stereocenters. The summed E-state index contributed by atoms with van der Waals surface area (Å²) in [6.07, 6.45) is 3.82. The molecule has 33 heavy (non-hydrogen) atoms. The highest BCUT2D eigenvalue weighted by molar-refractivity contribution is 6.46. The molecule has 1 aromatic carbocycles. The summed E-state index contributed by atoms with van der Waals surface area (Å²) >= 11 is 0. The van der Waals surface area contributed by atoms with E-state index in [1.54, 1.807) is 30.6 Å². The van der Waals surface area contributed by atoms with Crippen LogP contribution in [0.5, 0.6) is 11.5 Å². The summed E-state index contributed by atoms with van der Waals surface area (Å²) in [4.78, 5) is 33.8. The Bertz CT molecular complexity index is 1050. The molecule has 0 bridgehead atoms. The van der Waals surface area contributed by atoms with Gasteiger partial charge in [-0.25, -0.2) is 0 Å². The van der Waals surface area contributed by atoms with Crippen LogP contribution in [0.4, 0.5) is 0 Å². The number of aliphatic hydroxyl groups is 1. The first-order valence-electron chi connectivity index (χ1n) is 10.9. The highest BCUT2D eigenvalue weighted by Crippen LogP contribution is 2.41. The number of rotatable bonds is 7. The number of ketones is 1. The van der Waals surface area contributed by atoms with Gasteiger partial charge in [0.1, 0.15) is 17.3 Å². The Morgan fingerprint density at radius 1 is 1.15 bits per heavy atom. The summed E-state index contributed by atoms with van der Waals surface area (Å²) < 4.78 is 10.5. The molecule has 2 N–H and O–H groups in total. The molecule has 9 nitrogen and oxygen atoms in total. The first-order chi connectivity index (χ1) is 16.0. The smallest absolute Gasteiger partial charge is 0.295 e. The molecule has 2 aromatic rings. The van der Waals surface area contributed by atoms with Crippen LogP contribution in [0, 0.1) is 0 Å². The van der Waals surface area contributed by atoms with Gasteiger partial charge in [0.15, 0.2) is 0 Å². The molecule has 9 heteroatoms. The molecule has 1 aromatic heterocycles. The topological polar surface area (TPSA) is 112 Å². The van der Waals surface area contributed by atoms with Crippen molar-refractivity contribution in [2.24, 2.45) is 0 Å². The number of nitrogens with zero attached hydrogens (tertiary/aromatic N) is 3. The molecular formula is C24H27N3O6. The first kappa shape index (κ1) is 22.8. The van der Waals surface area contributed by atoms with Crippen molar-refractivity contribution in [3.8, 4) is 11.5 Å². The van der Waals surface area contributed by atoms with Crippen molar-refractivity contribution in [3.63, 3.8) is 0 Å². The van der Waals surface area contributed by atoms with Gasteiger partial charge in [-0.1, -0.05) is 0 Å². The van der Waals surface area contributed by atoms with Gasteiger partial charge in [0, 0.05) is 44.6 Å². The predicted octanol–water partition coefficient (Wildman–Crippen LogP) is 1.94. The van der Waals surface area contributed by atoms with Crippen molar-refractivity contribution in [1.82, 2.24) is 14.8 Å². The van der Waals surface area contributed by atoms with E-state index in [-0.39, 0.29) is 16.9 Å². The fourth-order valence-electron chi connectivity index (χ4n) is 4.28. The minimum atomic E-state index is -0.782.